The molecule has 0 aliphatic heterocycles. The van der Waals surface area contributed by atoms with Crippen LogP contribution in [0.4, 0.5) is 0 Å². The van der Waals surface area contributed by atoms with Crippen LogP contribution in [0.3, 0.4) is 0 Å². The van der Waals surface area contributed by atoms with Crippen molar-refractivity contribution >= 4 is 22.3 Å². The maximum absolute atomic E-state index is 5.14. The first-order valence-corrected chi connectivity index (χ1v) is 9.28. The molecular weight excluding hydrogens is 280 g/mol. The SMILES string of the molecule is C=C(OC)c1ccc(CN(C2CCCCC2)S(=C)C)nc1. The summed E-state index contributed by atoms with van der Waals surface area (Å²) in [5.74, 6) is 4.92. The second-order valence-electron chi connectivity index (χ2n) is 5.63. The van der Waals surface area contributed by atoms with E-state index in [4.69, 9.17) is 4.74 Å². The van der Waals surface area contributed by atoms with Crippen LogP contribution in [0, 0.1) is 0 Å². The Bertz CT molecular complexity index is 492. The fraction of sp³-hybridized carbons (Fsp3) is 0.529. The summed E-state index contributed by atoms with van der Waals surface area (Å²) in [5.41, 5.74) is 2.03. The third kappa shape index (κ3) is 4.42. The van der Waals surface area contributed by atoms with Crippen LogP contribution < -0.4 is 0 Å². The van der Waals surface area contributed by atoms with E-state index >= 15 is 0 Å². The summed E-state index contributed by atoms with van der Waals surface area (Å²) < 4.78 is 7.66. The summed E-state index contributed by atoms with van der Waals surface area (Å²) in [4.78, 5) is 4.56. The number of ether oxygens (including phenoxy) is 1. The number of hydrogen-bond acceptors (Lipinski definition) is 3. The van der Waals surface area contributed by atoms with Gasteiger partial charge in [-0.25, -0.2) is 4.31 Å². The van der Waals surface area contributed by atoms with Gasteiger partial charge in [0.1, 0.15) is 5.76 Å². The van der Waals surface area contributed by atoms with Gasteiger partial charge in [0, 0.05) is 17.8 Å². The molecule has 1 aliphatic rings. The minimum Gasteiger partial charge on any atom is -0.497 e. The Morgan fingerprint density at radius 2 is 2.10 bits per heavy atom. The van der Waals surface area contributed by atoms with Crippen molar-refractivity contribution in [1.82, 2.24) is 9.29 Å². The standard InChI is InChI=1S/C17H26N2OS/c1-14(20-2)15-10-11-16(18-12-15)13-19(21(3)4)17-8-6-5-7-9-17/h10-12,17H,1,3,5-9,13H2,2,4H3. The second kappa shape index (κ2) is 7.76. The van der Waals surface area contributed by atoms with E-state index in [1.165, 1.54) is 32.1 Å². The predicted octanol–water partition coefficient (Wildman–Crippen LogP) is 4.08. The number of nitrogens with zero attached hydrogens (tertiary/aromatic N) is 2. The van der Waals surface area contributed by atoms with Crippen LogP contribution in [0.2, 0.25) is 0 Å². The molecule has 1 heterocycles. The minimum absolute atomic E-state index is 0.0339. The van der Waals surface area contributed by atoms with E-state index in [0.717, 1.165) is 17.8 Å². The van der Waals surface area contributed by atoms with Gasteiger partial charge in [0.15, 0.2) is 0 Å². The van der Waals surface area contributed by atoms with Crippen molar-refractivity contribution in [3.05, 3.63) is 36.2 Å². The number of pyridine rings is 1. The van der Waals surface area contributed by atoms with Crippen LogP contribution in [0.1, 0.15) is 43.4 Å². The average molecular weight is 306 g/mol. The lowest BCUT2D eigenvalue weighted by Gasteiger charge is -2.34. The molecule has 0 bridgehead atoms. The second-order valence-corrected chi connectivity index (χ2v) is 7.30. The molecule has 0 spiro atoms. The van der Waals surface area contributed by atoms with Crippen molar-refractivity contribution in [2.75, 3.05) is 13.4 Å². The van der Waals surface area contributed by atoms with E-state index in [0.29, 0.717) is 11.8 Å². The Morgan fingerprint density at radius 1 is 1.38 bits per heavy atom. The zero-order valence-corrected chi connectivity index (χ0v) is 14.0. The van der Waals surface area contributed by atoms with E-state index in [2.05, 4.69) is 34.1 Å². The molecule has 4 heteroatoms. The fourth-order valence-corrected chi connectivity index (χ4v) is 3.90. The summed E-state index contributed by atoms with van der Waals surface area (Å²) in [7, 11) is 1.67. The number of hydrogen-bond donors (Lipinski definition) is 0. The van der Waals surface area contributed by atoms with Crippen molar-refractivity contribution in [1.29, 1.82) is 0 Å². The summed E-state index contributed by atoms with van der Waals surface area (Å²) in [6, 6.07) is 4.77. The van der Waals surface area contributed by atoms with E-state index in [1.807, 2.05) is 12.3 Å². The third-order valence-electron chi connectivity index (χ3n) is 4.09. The summed E-state index contributed by atoms with van der Waals surface area (Å²) in [6.45, 7) is 4.74. The van der Waals surface area contributed by atoms with Gasteiger partial charge in [-0.3, -0.25) is 4.98 Å². The lowest BCUT2D eigenvalue weighted by molar-refractivity contribution is 0.265. The molecule has 1 aromatic rings. The van der Waals surface area contributed by atoms with Crippen molar-refractivity contribution < 1.29 is 4.74 Å². The molecule has 1 unspecified atom stereocenters. The molecule has 0 aromatic carbocycles. The topological polar surface area (TPSA) is 25.4 Å². The lowest BCUT2D eigenvalue weighted by atomic mass is 9.95. The Morgan fingerprint density at radius 3 is 2.62 bits per heavy atom. The van der Waals surface area contributed by atoms with Crippen molar-refractivity contribution in [3.63, 3.8) is 0 Å². The molecule has 116 valence electrons. The van der Waals surface area contributed by atoms with Crippen LogP contribution in [-0.4, -0.2) is 34.6 Å². The first kappa shape index (κ1) is 16.2. The molecule has 0 saturated heterocycles. The third-order valence-corrected chi connectivity index (χ3v) is 5.32. The highest BCUT2D eigenvalue weighted by molar-refractivity contribution is 8.11. The van der Waals surface area contributed by atoms with Gasteiger partial charge in [0.05, 0.1) is 19.3 Å². The summed E-state index contributed by atoms with van der Waals surface area (Å²) in [5, 5.41) is 0. The van der Waals surface area contributed by atoms with Crippen molar-refractivity contribution in [2.24, 2.45) is 0 Å². The lowest BCUT2D eigenvalue weighted by Crippen LogP contribution is -2.32. The molecule has 3 nitrogen and oxygen atoms in total. The van der Waals surface area contributed by atoms with Gasteiger partial charge in [-0.05, 0) is 31.2 Å². The first-order valence-electron chi connectivity index (χ1n) is 7.52. The van der Waals surface area contributed by atoms with Crippen LogP contribution >= 0.6 is 10.7 Å². The zero-order chi connectivity index (χ0) is 15.2. The van der Waals surface area contributed by atoms with Gasteiger partial charge in [0.2, 0.25) is 0 Å². The van der Waals surface area contributed by atoms with Gasteiger partial charge in [-0.1, -0.05) is 31.7 Å². The average Bonchev–Trinajstić information content (AvgIpc) is 2.53. The molecule has 0 amide bonds. The molecular formula is C17H26N2OS. The van der Waals surface area contributed by atoms with Crippen LogP contribution in [0.5, 0.6) is 0 Å². The minimum atomic E-state index is 0.0339. The van der Waals surface area contributed by atoms with Crippen LogP contribution in [0.15, 0.2) is 24.9 Å². The van der Waals surface area contributed by atoms with E-state index in [-0.39, 0.29) is 10.7 Å². The summed E-state index contributed by atoms with van der Waals surface area (Å²) >= 11 is 0. The van der Waals surface area contributed by atoms with E-state index in [1.54, 1.807) is 7.11 Å². The molecule has 1 fully saturated rings. The molecule has 1 atom stereocenters. The highest BCUT2D eigenvalue weighted by Crippen LogP contribution is 2.30. The Kier molecular flexibility index (Phi) is 6.00. The molecule has 0 N–H and O–H groups in total. The largest absolute Gasteiger partial charge is 0.497 e. The monoisotopic (exact) mass is 306 g/mol. The maximum Gasteiger partial charge on any atom is 0.120 e. The van der Waals surface area contributed by atoms with Crippen molar-refractivity contribution in [3.8, 4) is 0 Å². The highest BCUT2D eigenvalue weighted by atomic mass is 32.2. The molecule has 1 saturated carbocycles. The van der Waals surface area contributed by atoms with Crippen LogP contribution in [0.25, 0.3) is 5.76 Å². The first-order chi connectivity index (χ1) is 10.1. The van der Waals surface area contributed by atoms with E-state index < -0.39 is 0 Å². The Balaban J connectivity index is 2.06. The Labute approximate surface area is 131 Å². The van der Waals surface area contributed by atoms with Gasteiger partial charge in [-0.2, -0.15) is 0 Å². The van der Waals surface area contributed by atoms with Gasteiger partial charge >= 0.3 is 0 Å². The zero-order valence-electron chi connectivity index (χ0n) is 13.2. The van der Waals surface area contributed by atoms with Crippen molar-refractivity contribution in [2.45, 2.75) is 44.7 Å². The molecule has 1 aromatic heterocycles. The smallest absolute Gasteiger partial charge is 0.120 e. The number of aromatic nitrogens is 1. The molecule has 0 radical (unpaired) electrons. The Hall–Kier alpha value is -1.13. The quantitative estimate of drug-likeness (QED) is 0.585. The molecule has 2 rings (SSSR count). The number of rotatable bonds is 6. The molecule has 1 aliphatic carbocycles. The predicted molar refractivity (Wildman–Crippen MR) is 93.3 cm³/mol. The summed E-state index contributed by atoms with van der Waals surface area (Å²) in [6.07, 6.45) is 10.7. The van der Waals surface area contributed by atoms with E-state index in [9.17, 15) is 0 Å². The molecule has 21 heavy (non-hydrogen) atoms. The van der Waals surface area contributed by atoms with Crippen LogP contribution in [-0.2, 0) is 11.3 Å². The van der Waals surface area contributed by atoms with Gasteiger partial charge in [-0.15, -0.1) is 10.7 Å². The maximum atomic E-state index is 5.14. The van der Waals surface area contributed by atoms with Gasteiger partial charge < -0.3 is 4.74 Å². The van der Waals surface area contributed by atoms with Gasteiger partial charge in [0.25, 0.3) is 0 Å². The highest BCUT2D eigenvalue weighted by Gasteiger charge is 2.21. The number of methoxy groups -OCH3 is 1. The fourth-order valence-electron chi connectivity index (χ4n) is 2.82. The normalized spacial score (nSPS) is 17.7.